The molecule has 7 rings (SSSR count). The summed E-state index contributed by atoms with van der Waals surface area (Å²) in [6.07, 6.45) is 0. The number of hydrogen-bond acceptors (Lipinski definition) is 6. The van der Waals surface area contributed by atoms with E-state index in [-0.39, 0.29) is 0 Å². The fraction of sp³-hybridized carbons (Fsp3) is 0.160. The van der Waals surface area contributed by atoms with Crippen molar-refractivity contribution in [3.63, 3.8) is 0 Å². The molecule has 0 unspecified atom stereocenters. The number of ether oxygens (including phenoxy) is 4. The summed E-state index contributed by atoms with van der Waals surface area (Å²) in [4.78, 5) is 4.60. The van der Waals surface area contributed by atoms with Crippen molar-refractivity contribution >= 4 is 34.1 Å². The van der Waals surface area contributed by atoms with Crippen molar-refractivity contribution in [3.8, 4) is 45.3 Å². The maximum atomic E-state index is 5.52. The van der Waals surface area contributed by atoms with Crippen LogP contribution >= 0.6 is 0 Å². The van der Waals surface area contributed by atoms with Gasteiger partial charge in [-0.15, -0.1) is 0 Å². The Morgan fingerprint density at radius 2 is 0.500 bits per heavy atom. The van der Waals surface area contributed by atoms with Gasteiger partial charge in [0.25, 0.3) is 0 Å². The molecule has 0 aliphatic rings. The van der Waals surface area contributed by atoms with Gasteiger partial charge >= 0.3 is 0 Å². The van der Waals surface area contributed by atoms with E-state index in [0.29, 0.717) is 0 Å². The van der Waals surface area contributed by atoms with Crippen LogP contribution < -0.4 is 28.7 Å². The summed E-state index contributed by atoms with van der Waals surface area (Å²) < 4.78 is 22.1. The molecule has 282 valence electrons. The molecule has 6 nitrogen and oxygen atoms in total. The van der Waals surface area contributed by atoms with Crippen LogP contribution in [-0.4, -0.2) is 28.4 Å². The minimum atomic E-state index is 0.835. The Bertz CT molecular complexity index is 2180. The molecule has 0 aliphatic heterocycles. The zero-order chi connectivity index (χ0) is 39.3. The lowest BCUT2D eigenvalue weighted by molar-refractivity contribution is 0.414. The molecule has 0 aliphatic carbocycles. The Morgan fingerprint density at radius 1 is 0.286 bits per heavy atom. The van der Waals surface area contributed by atoms with Gasteiger partial charge in [-0.1, -0.05) is 48.5 Å². The predicted octanol–water partition coefficient (Wildman–Crippen LogP) is 13.2. The van der Waals surface area contributed by atoms with E-state index in [2.05, 4.69) is 159 Å². The topological polar surface area (TPSA) is 43.4 Å². The first kappa shape index (κ1) is 37.6. The fourth-order valence-corrected chi connectivity index (χ4v) is 7.30. The number of nitrogens with zero attached hydrogens (tertiary/aromatic N) is 2. The lowest BCUT2D eigenvalue weighted by Crippen LogP contribution is -2.12. The fourth-order valence-electron chi connectivity index (χ4n) is 7.30. The summed E-state index contributed by atoms with van der Waals surface area (Å²) in [7, 11) is 6.80. The third-order valence-corrected chi connectivity index (χ3v) is 10.4. The van der Waals surface area contributed by atoms with Gasteiger partial charge in [-0.05, 0) is 169 Å². The Morgan fingerprint density at radius 3 is 0.696 bits per heavy atom. The van der Waals surface area contributed by atoms with Crippen LogP contribution in [0.2, 0.25) is 0 Å². The van der Waals surface area contributed by atoms with Gasteiger partial charge < -0.3 is 28.7 Å². The van der Waals surface area contributed by atoms with E-state index in [4.69, 9.17) is 18.9 Å². The molecule has 0 atom stereocenters. The highest BCUT2D eigenvalue weighted by Gasteiger charge is 2.20. The minimum absolute atomic E-state index is 0.835. The summed E-state index contributed by atoms with van der Waals surface area (Å²) in [6, 6.07) is 51.2. The maximum absolute atomic E-state index is 5.52. The molecule has 0 N–H and O–H groups in total. The number of rotatable bonds is 12. The van der Waals surface area contributed by atoms with Gasteiger partial charge in [-0.25, -0.2) is 0 Å². The highest BCUT2D eigenvalue weighted by Crippen LogP contribution is 2.43. The Kier molecular flexibility index (Phi) is 11.0. The largest absolute Gasteiger partial charge is 0.497 e. The third-order valence-electron chi connectivity index (χ3n) is 10.4. The van der Waals surface area contributed by atoms with Crippen LogP contribution in [0.15, 0.2) is 146 Å². The average molecular weight is 741 g/mol. The standard InChI is InChI=1S/C50H48N2O4/c1-33-29-43(53-5)21-25-47(33)51(48-26-22-44(54-6)30-34(48)2)41-17-13-39(14-18-41)37-9-11-38(12-10-37)40-15-19-42(20-16-40)52(49-27-23-45(55-7)31-35(49)3)50-28-24-46(56-8)32-36(50)4/h9-32H,1-8H3. The second-order valence-corrected chi connectivity index (χ2v) is 14.0. The van der Waals surface area contributed by atoms with Gasteiger partial charge in [0, 0.05) is 34.1 Å². The smallest absolute Gasteiger partial charge is 0.119 e. The Balaban J connectivity index is 1.17. The van der Waals surface area contributed by atoms with Crippen LogP contribution in [0.1, 0.15) is 22.3 Å². The van der Waals surface area contributed by atoms with E-state index in [1.165, 1.54) is 0 Å². The van der Waals surface area contributed by atoms with Gasteiger partial charge in [0.2, 0.25) is 0 Å². The van der Waals surface area contributed by atoms with E-state index in [1.807, 2.05) is 24.3 Å². The first-order chi connectivity index (χ1) is 27.2. The second kappa shape index (κ2) is 16.4. The molecule has 0 fully saturated rings. The van der Waals surface area contributed by atoms with Crippen LogP contribution in [0.4, 0.5) is 34.1 Å². The molecule has 0 bridgehead atoms. The van der Waals surface area contributed by atoms with Crippen LogP contribution in [0.3, 0.4) is 0 Å². The van der Waals surface area contributed by atoms with Crippen molar-refractivity contribution in [1.82, 2.24) is 0 Å². The van der Waals surface area contributed by atoms with Crippen molar-refractivity contribution in [2.24, 2.45) is 0 Å². The number of methoxy groups -OCH3 is 4. The van der Waals surface area contributed by atoms with E-state index in [9.17, 15) is 0 Å². The Labute approximate surface area is 331 Å². The maximum Gasteiger partial charge on any atom is 0.119 e. The first-order valence-corrected chi connectivity index (χ1v) is 18.7. The SMILES string of the molecule is COc1ccc(N(c2ccc(-c3ccc(-c4ccc(N(c5ccc(OC)cc5C)c5ccc(OC)cc5C)cc4)cc3)cc2)c2ccc(OC)cc2C)c(C)c1. The third kappa shape index (κ3) is 7.64. The molecule has 0 heterocycles. The van der Waals surface area contributed by atoms with E-state index < -0.39 is 0 Å². The molecule has 6 heteroatoms. The zero-order valence-corrected chi connectivity index (χ0v) is 33.4. The molecule has 7 aromatic rings. The van der Waals surface area contributed by atoms with E-state index in [0.717, 1.165) is 102 Å². The Hall–Kier alpha value is -6.66. The van der Waals surface area contributed by atoms with Crippen molar-refractivity contribution in [3.05, 3.63) is 168 Å². The van der Waals surface area contributed by atoms with Gasteiger partial charge in [-0.3, -0.25) is 0 Å². The van der Waals surface area contributed by atoms with Crippen LogP contribution in [0.5, 0.6) is 23.0 Å². The molecule has 0 saturated heterocycles. The van der Waals surface area contributed by atoms with Gasteiger partial charge in [0.15, 0.2) is 0 Å². The molecule has 56 heavy (non-hydrogen) atoms. The zero-order valence-electron chi connectivity index (χ0n) is 33.4. The molecule has 0 radical (unpaired) electrons. The lowest BCUT2D eigenvalue weighted by atomic mass is 9.99. The van der Waals surface area contributed by atoms with E-state index in [1.54, 1.807) is 28.4 Å². The molecule has 0 aromatic heterocycles. The number of hydrogen-bond donors (Lipinski definition) is 0. The second-order valence-electron chi connectivity index (χ2n) is 14.0. The van der Waals surface area contributed by atoms with Crippen molar-refractivity contribution in [2.45, 2.75) is 27.7 Å². The molecular weight excluding hydrogens is 693 g/mol. The summed E-state index contributed by atoms with van der Waals surface area (Å²) in [5, 5.41) is 0. The summed E-state index contributed by atoms with van der Waals surface area (Å²) >= 11 is 0. The van der Waals surface area contributed by atoms with Gasteiger partial charge in [-0.2, -0.15) is 0 Å². The highest BCUT2D eigenvalue weighted by atomic mass is 16.5. The normalized spacial score (nSPS) is 10.9. The first-order valence-electron chi connectivity index (χ1n) is 18.7. The summed E-state index contributed by atoms with van der Waals surface area (Å²) in [6.45, 7) is 8.47. The number of aryl methyl sites for hydroxylation is 4. The average Bonchev–Trinajstić information content (AvgIpc) is 3.23. The van der Waals surface area contributed by atoms with Crippen LogP contribution in [0, 0.1) is 27.7 Å². The van der Waals surface area contributed by atoms with Gasteiger partial charge in [0.05, 0.1) is 28.4 Å². The summed E-state index contributed by atoms with van der Waals surface area (Å²) in [5.41, 5.74) is 15.5. The molecular formula is C50H48N2O4. The van der Waals surface area contributed by atoms with E-state index >= 15 is 0 Å². The quantitative estimate of drug-likeness (QED) is 0.124. The molecule has 0 saturated carbocycles. The summed E-state index contributed by atoms with van der Waals surface area (Å²) in [5.74, 6) is 3.34. The minimum Gasteiger partial charge on any atom is -0.497 e. The molecule has 7 aromatic carbocycles. The van der Waals surface area contributed by atoms with Crippen LogP contribution in [0.25, 0.3) is 22.3 Å². The molecule has 0 spiro atoms. The molecule has 0 amide bonds. The van der Waals surface area contributed by atoms with Crippen molar-refractivity contribution < 1.29 is 18.9 Å². The predicted molar refractivity (Wildman–Crippen MR) is 232 cm³/mol. The number of benzene rings is 7. The van der Waals surface area contributed by atoms with Crippen LogP contribution in [-0.2, 0) is 0 Å². The van der Waals surface area contributed by atoms with Crippen molar-refractivity contribution in [1.29, 1.82) is 0 Å². The lowest BCUT2D eigenvalue weighted by Gasteiger charge is -2.29. The highest BCUT2D eigenvalue weighted by molar-refractivity contribution is 5.84. The van der Waals surface area contributed by atoms with Gasteiger partial charge in [0.1, 0.15) is 23.0 Å². The van der Waals surface area contributed by atoms with Crippen molar-refractivity contribution in [2.75, 3.05) is 38.2 Å². The number of anilines is 6. The monoisotopic (exact) mass is 740 g/mol.